The molecular formula is C10H12BrN5O. The molecule has 90 valence electrons. The summed E-state index contributed by atoms with van der Waals surface area (Å²) in [6.45, 7) is 0.634. The maximum Gasteiger partial charge on any atom is 0.280 e. The summed E-state index contributed by atoms with van der Waals surface area (Å²) in [7, 11) is 1.75. The molecule has 2 aromatic rings. The molecule has 1 fully saturated rings. The smallest absolute Gasteiger partial charge is 0.267 e. The van der Waals surface area contributed by atoms with Crippen molar-refractivity contribution in [2.75, 3.05) is 5.33 Å². The van der Waals surface area contributed by atoms with Crippen LogP contribution in [0.4, 0.5) is 0 Å². The van der Waals surface area contributed by atoms with Crippen LogP contribution in [0, 0.1) is 5.41 Å². The summed E-state index contributed by atoms with van der Waals surface area (Å²) in [5.74, 6) is 0. The van der Waals surface area contributed by atoms with Crippen LogP contribution < -0.4 is 5.56 Å². The lowest BCUT2D eigenvalue weighted by Gasteiger charge is -2.11. The van der Waals surface area contributed by atoms with Gasteiger partial charge in [0.2, 0.25) is 0 Å². The third kappa shape index (κ3) is 1.69. The third-order valence-corrected chi connectivity index (χ3v) is 4.53. The van der Waals surface area contributed by atoms with Gasteiger partial charge >= 0.3 is 0 Å². The van der Waals surface area contributed by atoms with Crippen LogP contribution in [0.5, 0.6) is 0 Å². The summed E-state index contributed by atoms with van der Waals surface area (Å²) in [4.78, 5) is 12.2. The van der Waals surface area contributed by atoms with Crippen LogP contribution in [0.2, 0.25) is 0 Å². The molecule has 0 aromatic carbocycles. The lowest BCUT2D eigenvalue weighted by molar-refractivity contribution is 0.414. The van der Waals surface area contributed by atoms with E-state index in [1.807, 2.05) is 0 Å². The van der Waals surface area contributed by atoms with Gasteiger partial charge in [-0.25, -0.2) is 9.36 Å². The first-order valence-electron chi connectivity index (χ1n) is 5.47. The standard InChI is InChI=1S/C10H12BrN5O/c1-15-8-7(4-12-15)9(17)16(14-13-8)6-10(5-11)2-3-10/h4H,2-3,5-6H2,1H3. The molecule has 6 nitrogen and oxygen atoms in total. The van der Waals surface area contributed by atoms with Gasteiger partial charge in [-0.3, -0.25) is 4.79 Å². The van der Waals surface area contributed by atoms with Crippen molar-refractivity contribution < 1.29 is 0 Å². The average Bonchev–Trinajstić information content (AvgIpc) is 3.01. The number of aryl methyl sites for hydroxylation is 1. The normalized spacial score (nSPS) is 17.5. The maximum absolute atomic E-state index is 12.2. The molecule has 1 aliphatic rings. The first-order chi connectivity index (χ1) is 8.15. The average molecular weight is 298 g/mol. The highest BCUT2D eigenvalue weighted by molar-refractivity contribution is 9.09. The fraction of sp³-hybridized carbons (Fsp3) is 0.600. The largest absolute Gasteiger partial charge is 0.280 e. The number of alkyl halides is 1. The van der Waals surface area contributed by atoms with E-state index >= 15 is 0 Å². The molecule has 3 rings (SSSR count). The summed E-state index contributed by atoms with van der Waals surface area (Å²) >= 11 is 3.49. The number of hydrogen-bond acceptors (Lipinski definition) is 4. The number of fused-ring (bicyclic) bond motifs is 1. The van der Waals surface area contributed by atoms with Gasteiger partial charge in [0.1, 0.15) is 5.39 Å². The summed E-state index contributed by atoms with van der Waals surface area (Å²) in [5.41, 5.74) is 0.638. The van der Waals surface area contributed by atoms with Crippen LogP contribution in [0.1, 0.15) is 12.8 Å². The SMILES string of the molecule is Cn1ncc2c(=O)n(CC3(CBr)CC3)nnc21. The van der Waals surface area contributed by atoms with Crippen LogP contribution in [0.25, 0.3) is 11.0 Å². The number of aromatic nitrogens is 5. The van der Waals surface area contributed by atoms with Crippen molar-refractivity contribution in [3.8, 4) is 0 Å². The van der Waals surface area contributed by atoms with E-state index in [9.17, 15) is 4.79 Å². The lowest BCUT2D eigenvalue weighted by Crippen LogP contribution is -2.28. The van der Waals surface area contributed by atoms with Crippen molar-refractivity contribution in [3.63, 3.8) is 0 Å². The highest BCUT2D eigenvalue weighted by Crippen LogP contribution is 2.48. The minimum atomic E-state index is -0.102. The Kier molecular flexibility index (Phi) is 2.32. The van der Waals surface area contributed by atoms with Crippen LogP contribution >= 0.6 is 15.9 Å². The van der Waals surface area contributed by atoms with Crippen LogP contribution in [0.15, 0.2) is 11.0 Å². The van der Waals surface area contributed by atoms with Crippen molar-refractivity contribution >= 4 is 27.0 Å². The van der Waals surface area contributed by atoms with Crippen molar-refractivity contribution in [3.05, 3.63) is 16.6 Å². The Morgan fingerprint density at radius 2 is 2.29 bits per heavy atom. The quantitative estimate of drug-likeness (QED) is 0.782. The Balaban J connectivity index is 2.06. The molecule has 1 saturated carbocycles. The van der Waals surface area contributed by atoms with Gasteiger partial charge in [-0.2, -0.15) is 5.10 Å². The first-order valence-corrected chi connectivity index (χ1v) is 6.59. The van der Waals surface area contributed by atoms with E-state index in [4.69, 9.17) is 0 Å². The second-order valence-electron chi connectivity index (χ2n) is 4.69. The molecule has 0 amide bonds. The van der Waals surface area contributed by atoms with Gasteiger partial charge in [0.25, 0.3) is 5.56 Å². The molecule has 0 saturated heterocycles. The Morgan fingerprint density at radius 3 is 2.94 bits per heavy atom. The lowest BCUT2D eigenvalue weighted by atomic mass is 10.1. The molecule has 0 bridgehead atoms. The Bertz CT molecular complexity index is 627. The van der Waals surface area contributed by atoms with Gasteiger partial charge in [0.15, 0.2) is 5.65 Å². The summed E-state index contributed by atoms with van der Waals surface area (Å²) in [6.07, 6.45) is 3.82. The molecule has 0 spiro atoms. The topological polar surface area (TPSA) is 65.6 Å². The van der Waals surface area contributed by atoms with Crippen molar-refractivity contribution in [1.29, 1.82) is 0 Å². The van der Waals surface area contributed by atoms with Crippen LogP contribution in [-0.4, -0.2) is 30.1 Å². The van der Waals surface area contributed by atoms with Gasteiger partial charge in [-0.1, -0.05) is 21.1 Å². The molecule has 1 aliphatic carbocycles. The zero-order valence-corrected chi connectivity index (χ0v) is 11.0. The summed E-state index contributed by atoms with van der Waals surface area (Å²) in [6, 6.07) is 0. The fourth-order valence-corrected chi connectivity index (χ4v) is 2.65. The van der Waals surface area contributed by atoms with Gasteiger partial charge in [0.05, 0.1) is 12.7 Å². The second kappa shape index (κ2) is 3.63. The molecule has 0 unspecified atom stereocenters. The maximum atomic E-state index is 12.2. The molecular weight excluding hydrogens is 286 g/mol. The monoisotopic (exact) mass is 297 g/mol. The summed E-state index contributed by atoms with van der Waals surface area (Å²) < 4.78 is 3.02. The fourth-order valence-electron chi connectivity index (χ4n) is 1.91. The van der Waals surface area contributed by atoms with E-state index in [-0.39, 0.29) is 11.0 Å². The minimum Gasteiger partial charge on any atom is -0.267 e. The van der Waals surface area contributed by atoms with Crippen LogP contribution in [0.3, 0.4) is 0 Å². The second-order valence-corrected chi connectivity index (χ2v) is 5.25. The zero-order valence-electron chi connectivity index (χ0n) is 9.43. The Morgan fingerprint density at radius 1 is 1.53 bits per heavy atom. The van der Waals surface area contributed by atoms with Crippen molar-refractivity contribution in [1.82, 2.24) is 24.8 Å². The number of rotatable bonds is 3. The molecule has 0 aliphatic heterocycles. The van der Waals surface area contributed by atoms with Gasteiger partial charge in [-0.05, 0) is 18.3 Å². The first kappa shape index (κ1) is 10.9. The minimum absolute atomic E-state index is 0.102. The van der Waals surface area contributed by atoms with E-state index in [1.54, 1.807) is 17.9 Å². The molecule has 0 radical (unpaired) electrons. The molecule has 2 aromatic heterocycles. The Labute approximate surface area is 106 Å². The predicted octanol–water partition coefficient (Wildman–Crippen LogP) is 0.700. The molecule has 7 heteroatoms. The van der Waals surface area contributed by atoms with Gasteiger partial charge < -0.3 is 0 Å². The number of hydrogen-bond donors (Lipinski definition) is 0. The van der Waals surface area contributed by atoms with Gasteiger partial charge in [0, 0.05) is 12.4 Å². The van der Waals surface area contributed by atoms with E-state index in [1.165, 1.54) is 4.68 Å². The zero-order chi connectivity index (χ0) is 12.0. The van der Waals surface area contributed by atoms with E-state index in [2.05, 4.69) is 31.3 Å². The molecule has 0 N–H and O–H groups in total. The molecule has 17 heavy (non-hydrogen) atoms. The van der Waals surface area contributed by atoms with Crippen molar-refractivity contribution in [2.45, 2.75) is 19.4 Å². The Hall–Kier alpha value is -1.24. The van der Waals surface area contributed by atoms with E-state index in [0.717, 1.165) is 18.2 Å². The van der Waals surface area contributed by atoms with Gasteiger partial charge in [-0.15, -0.1) is 5.10 Å². The van der Waals surface area contributed by atoms with E-state index < -0.39 is 0 Å². The number of halogens is 1. The molecule has 0 atom stereocenters. The molecule has 2 heterocycles. The third-order valence-electron chi connectivity index (χ3n) is 3.35. The summed E-state index contributed by atoms with van der Waals surface area (Å²) in [5, 5.41) is 13.5. The highest BCUT2D eigenvalue weighted by Gasteiger charge is 2.42. The van der Waals surface area contributed by atoms with E-state index in [0.29, 0.717) is 17.6 Å². The number of nitrogens with zero attached hydrogens (tertiary/aromatic N) is 5. The van der Waals surface area contributed by atoms with Crippen LogP contribution in [-0.2, 0) is 13.6 Å². The van der Waals surface area contributed by atoms with Crippen molar-refractivity contribution in [2.24, 2.45) is 12.5 Å². The predicted molar refractivity (Wildman–Crippen MR) is 66.0 cm³/mol. The highest BCUT2D eigenvalue weighted by atomic mass is 79.9.